The number of sulfonamides is 1. The van der Waals surface area contributed by atoms with Crippen molar-refractivity contribution in [2.75, 3.05) is 15.4 Å². The number of amides is 2. The van der Waals surface area contributed by atoms with E-state index in [1.807, 2.05) is 19.9 Å². The molecule has 2 amide bonds. The Labute approximate surface area is 187 Å². The molecule has 166 valence electrons. The summed E-state index contributed by atoms with van der Waals surface area (Å²) in [4.78, 5) is 24.2. The molecule has 0 unspecified atom stereocenters. The summed E-state index contributed by atoms with van der Waals surface area (Å²) in [6.07, 6.45) is 0.351. The fourth-order valence-corrected chi connectivity index (χ4v) is 4.10. The van der Waals surface area contributed by atoms with Crippen LogP contribution in [0.3, 0.4) is 0 Å². The highest BCUT2D eigenvalue weighted by atomic mass is 32.2. The van der Waals surface area contributed by atoms with Gasteiger partial charge < -0.3 is 10.6 Å². The van der Waals surface area contributed by atoms with E-state index in [0.717, 1.165) is 11.1 Å². The van der Waals surface area contributed by atoms with Crippen molar-refractivity contribution in [3.8, 4) is 0 Å². The van der Waals surface area contributed by atoms with E-state index >= 15 is 0 Å². The van der Waals surface area contributed by atoms with E-state index < -0.39 is 15.9 Å². The van der Waals surface area contributed by atoms with E-state index in [2.05, 4.69) is 15.4 Å². The summed E-state index contributed by atoms with van der Waals surface area (Å²) in [5, 5.41) is 5.48. The Morgan fingerprint density at radius 3 is 2.12 bits per heavy atom. The number of carbonyl (C=O) groups is 2. The van der Waals surface area contributed by atoms with E-state index in [9.17, 15) is 18.0 Å². The molecule has 0 bridgehead atoms. The molecule has 0 radical (unpaired) electrons. The first-order valence-corrected chi connectivity index (χ1v) is 11.6. The van der Waals surface area contributed by atoms with Crippen molar-refractivity contribution in [3.05, 3.63) is 83.4 Å². The molecule has 0 atom stereocenters. The van der Waals surface area contributed by atoms with Crippen LogP contribution in [0.2, 0.25) is 0 Å². The maximum atomic E-state index is 12.7. The molecular formula is C24H25N3O4S. The van der Waals surface area contributed by atoms with Crippen molar-refractivity contribution in [1.82, 2.24) is 0 Å². The van der Waals surface area contributed by atoms with Gasteiger partial charge in [-0.15, -0.1) is 0 Å². The Morgan fingerprint density at radius 2 is 1.47 bits per heavy atom. The van der Waals surface area contributed by atoms with Crippen LogP contribution < -0.4 is 15.4 Å². The van der Waals surface area contributed by atoms with Gasteiger partial charge in [-0.3, -0.25) is 14.3 Å². The summed E-state index contributed by atoms with van der Waals surface area (Å²) in [6, 6.07) is 17.9. The van der Waals surface area contributed by atoms with Crippen molar-refractivity contribution in [2.24, 2.45) is 0 Å². The lowest BCUT2D eigenvalue weighted by atomic mass is 10.1. The van der Waals surface area contributed by atoms with Crippen LogP contribution in [0.4, 0.5) is 17.1 Å². The van der Waals surface area contributed by atoms with Gasteiger partial charge >= 0.3 is 0 Å². The second-order valence-corrected chi connectivity index (χ2v) is 9.00. The number of hydrogen-bond acceptors (Lipinski definition) is 4. The molecule has 7 nitrogen and oxygen atoms in total. The summed E-state index contributed by atoms with van der Waals surface area (Å²) >= 11 is 0. The SMILES string of the molecule is CCC(=O)Nc1cccc(NC(=O)c2ccc(S(=O)(=O)Nc3cccc(C)c3C)cc2)c1. The average molecular weight is 452 g/mol. The molecule has 0 aliphatic carbocycles. The number of hydrogen-bond donors (Lipinski definition) is 3. The predicted molar refractivity (Wildman–Crippen MR) is 126 cm³/mol. The van der Waals surface area contributed by atoms with Gasteiger partial charge in [0.1, 0.15) is 0 Å². The van der Waals surface area contributed by atoms with Gasteiger partial charge in [-0.1, -0.05) is 25.1 Å². The fraction of sp³-hybridized carbons (Fsp3) is 0.167. The lowest BCUT2D eigenvalue weighted by molar-refractivity contribution is -0.115. The first-order valence-electron chi connectivity index (χ1n) is 10.1. The van der Waals surface area contributed by atoms with Crippen molar-refractivity contribution >= 4 is 38.9 Å². The second kappa shape index (κ2) is 9.65. The van der Waals surface area contributed by atoms with E-state index in [1.165, 1.54) is 24.3 Å². The Kier molecular flexibility index (Phi) is 6.95. The molecule has 0 saturated heterocycles. The predicted octanol–water partition coefficient (Wildman–Crippen LogP) is 4.71. The molecule has 0 fully saturated rings. The van der Waals surface area contributed by atoms with Crippen LogP contribution in [-0.2, 0) is 14.8 Å². The summed E-state index contributed by atoms with van der Waals surface area (Å²) in [7, 11) is -3.80. The largest absolute Gasteiger partial charge is 0.326 e. The van der Waals surface area contributed by atoms with Crippen LogP contribution in [0.5, 0.6) is 0 Å². The summed E-state index contributed by atoms with van der Waals surface area (Å²) in [5.74, 6) is -0.518. The summed E-state index contributed by atoms with van der Waals surface area (Å²) < 4.78 is 28.1. The molecule has 3 rings (SSSR count). The average Bonchev–Trinajstić information content (AvgIpc) is 2.77. The number of nitrogens with one attached hydrogen (secondary N) is 3. The smallest absolute Gasteiger partial charge is 0.261 e. The summed E-state index contributed by atoms with van der Waals surface area (Å²) in [5.41, 5.74) is 3.74. The van der Waals surface area contributed by atoms with E-state index in [4.69, 9.17) is 0 Å². The molecule has 0 aliphatic heterocycles. The third-order valence-electron chi connectivity index (χ3n) is 5.00. The second-order valence-electron chi connectivity index (χ2n) is 7.31. The van der Waals surface area contributed by atoms with Crippen molar-refractivity contribution < 1.29 is 18.0 Å². The highest BCUT2D eigenvalue weighted by Crippen LogP contribution is 2.22. The van der Waals surface area contributed by atoms with Crippen LogP contribution in [0, 0.1) is 13.8 Å². The van der Waals surface area contributed by atoms with E-state index in [0.29, 0.717) is 29.0 Å². The zero-order valence-electron chi connectivity index (χ0n) is 18.1. The maximum absolute atomic E-state index is 12.7. The molecule has 3 aromatic rings. The van der Waals surface area contributed by atoms with Gasteiger partial charge in [-0.05, 0) is 73.5 Å². The Morgan fingerprint density at radius 1 is 0.844 bits per heavy atom. The minimum absolute atomic E-state index is 0.0548. The number of carbonyl (C=O) groups excluding carboxylic acids is 2. The Hall–Kier alpha value is -3.65. The van der Waals surface area contributed by atoms with Crippen molar-refractivity contribution in [1.29, 1.82) is 0 Å². The first-order chi connectivity index (χ1) is 15.2. The molecule has 0 aliphatic rings. The van der Waals surface area contributed by atoms with Gasteiger partial charge in [0.05, 0.1) is 10.6 Å². The van der Waals surface area contributed by atoms with Gasteiger partial charge in [0, 0.05) is 23.4 Å². The van der Waals surface area contributed by atoms with Gasteiger partial charge in [0.2, 0.25) is 5.91 Å². The first kappa shape index (κ1) is 23.0. The van der Waals surface area contributed by atoms with Gasteiger partial charge in [-0.25, -0.2) is 8.42 Å². The molecule has 3 aromatic carbocycles. The lowest BCUT2D eigenvalue weighted by Crippen LogP contribution is -2.15. The monoisotopic (exact) mass is 451 g/mol. The zero-order chi connectivity index (χ0) is 23.3. The van der Waals surface area contributed by atoms with Crippen LogP contribution in [-0.4, -0.2) is 20.2 Å². The highest BCUT2D eigenvalue weighted by Gasteiger charge is 2.17. The Balaban J connectivity index is 1.72. The standard InChI is InChI=1S/C24H25N3O4S/c1-4-23(28)25-19-8-6-9-20(15-19)26-24(29)18-11-13-21(14-12-18)32(30,31)27-22-10-5-7-16(2)17(22)3/h5-15,27H,4H2,1-3H3,(H,25,28)(H,26,29). The molecule has 3 N–H and O–H groups in total. The van der Waals surface area contributed by atoms with Crippen LogP contribution in [0.25, 0.3) is 0 Å². The van der Waals surface area contributed by atoms with Gasteiger partial charge in [0.15, 0.2) is 0 Å². The van der Waals surface area contributed by atoms with E-state index in [-0.39, 0.29) is 10.8 Å². The number of aryl methyl sites for hydroxylation is 1. The van der Waals surface area contributed by atoms with Gasteiger partial charge in [0.25, 0.3) is 15.9 Å². The highest BCUT2D eigenvalue weighted by molar-refractivity contribution is 7.92. The number of anilines is 3. The third-order valence-corrected chi connectivity index (χ3v) is 6.38. The quantitative estimate of drug-likeness (QED) is 0.484. The topological polar surface area (TPSA) is 104 Å². The van der Waals surface area contributed by atoms with Crippen LogP contribution >= 0.6 is 0 Å². The van der Waals surface area contributed by atoms with Crippen molar-refractivity contribution in [2.45, 2.75) is 32.1 Å². The molecule has 32 heavy (non-hydrogen) atoms. The lowest BCUT2D eigenvalue weighted by Gasteiger charge is -2.12. The maximum Gasteiger partial charge on any atom is 0.261 e. The number of benzene rings is 3. The van der Waals surface area contributed by atoms with Gasteiger partial charge in [-0.2, -0.15) is 0 Å². The molecule has 0 saturated carbocycles. The molecule has 8 heteroatoms. The minimum atomic E-state index is -3.80. The summed E-state index contributed by atoms with van der Waals surface area (Å²) in [6.45, 7) is 5.51. The molecule has 0 heterocycles. The van der Waals surface area contributed by atoms with Crippen molar-refractivity contribution in [3.63, 3.8) is 0 Å². The Bertz CT molecular complexity index is 1250. The number of rotatable bonds is 7. The van der Waals surface area contributed by atoms with E-state index in [1.54, 1.807) is 43.3 Å². The minimum Gasteiger partial charge on any atom is -0.326 e. The fourth-order valence-electron chi connectivity index (χ4n) is 2.98. The van der Waals surface area contributed by atoms with Crippen LogP contribution in [0.15, 0.2) is 71.6 Å². The molecule has 0 aromatic heterocycles. The third kappa shape index (κ3) is 5.53. The zero-order valence-corrected chi connectivity index (χ0v) is 18.9. The molecular weight excluding hydrogens is 426 g/mol. The molecule has 0 spiro atoms. The van der Waals surface area contributed by atoms with Crippen LogP contribution in [0.1, 0.15) is 34.8 Å². The normalized spacial score (nSPS) is 11.0.